The first-order valence-electron chi connectivity index (χ1n) is 6.47. The molecule has 0 aliphatic rings. The Kier molecular flexibility index (Phi) is 7.16. The van der Waals surface area contributed by atoms with Crippen LogP contribution in [0.25, 0.3) is 6.08 Å². The van der Waals surface area contributed by atoms with Crippen molar-refractivity contribution in [3.63, 3.8) is 0 Å². The standard InChI is InChI=1S/C15H17N3O4/c1-21-7-6-18-15(20)12(9-16)8-11-2-4-13(5-3-11)22-10-14(17)19/h2-5,8H,6-7,10H2,1H3,(H2,17,19)(H,18,20)/b12-8+. The van der Waals surface area contributed by atoms with Crippen LogP contribution in [-0.4, -0.2) is 38.7 Å². The highest BCUT2D eigenvalue weighted by Gasteiger charge is 2.08. The van der Waals surface area contributed by atoms with Crippen LogP contribution in [0.1, 0.15) is 5.56 Å². The molecule has 7 nitrogen and oxygen atoms in total. The molecule has 0 heterocycles. The molecule has 1 aromatic rings. The van der Waals surface area contributed by atoms with Gasteiger partial charge in [0.1, 0.15) is 17.4 Å². The molecule has 1 aromatic carbocycles. The summed E-state index contributed by atoms with van der Waals surface area (Å²) in [5.74, 6) is -0.559. The Morgan fingerprint density at radius 3 is 2.59 bits per heavy atom. The van der Waals surface area contributed by atoms with Gasteiger partial charge < -0.3 is 20.5 Å². The van der Waals surface area contributed by atoms with Gasteiger partial charge in [-0.25, -0.2) is 0 Å². The number of hydrogen-bond acceptors (Lipinski definition) is 5. The van der Waals surface area contributed by atoms with E-state index >= 15 is 0 Å². The molecule has 0 aromatic heterocycles. The van der Waals surface area contributed by atoms with Crippen LogP contribution in [0.4, 0.5) is 0 Å². The predicted molar refractivity (Wildman–Crippen MR) is 79.6 cm³/mol. The minimum absolute atomic E-state index is 0.0121. The predicted octanol–water partition coefficient (Wildman–Crippen LogP) is 0.220. The Balaban J connectivity index is 2.70. The first-order valence-corrected chi connectivity index (χ1v) is 6.47. The lowest BCUT2D eigenvalue weighted by Gasteiger charge is -2.05. The molecule has 0 fully saturated rings. The molecule has 0 radical (unpaired) electrons. The molecule has 3 N–H and O–H groups in total. The monoisotopic (exact) mass is 303 g/mol. The fourth-order valence-electron chi connectivity index (χ4n) is 1.49. The second kappa shape index (κ2) is 9.15. The third kappa shape index (κ3) is 6.07. The Labute approximate surface area is 128 Å². The minimum atomic E-state index is -0.566. The van der Waals surface area contributed by atoms with E-state index in [2.05, 4.69) is 5.32 Å². The highest BCUT2D eigenvalue weighted by atomic mass is 16.5. The van der Waals surface area contributed by atoms with E-state index in [1.165, 1.54) is 13.2 Å². The van der Waals surface area contributed by atoms with Crippen LogP contribution in [0.3, 0.4) is 0 Å². The van der Waals surface area contributed by atoms with Gasteiger partial charge in [0, 0.05) is 13.7 Å². The third-order valence-corrected chi connectivity index (χ3v) is 2.53. The maximum absolute atomic E-state index is 11.8. The number of hydrogen-bond donors (Lipinski definition) is 2. The lowest BCUT2D eigenvalue weighted by molar-refractivity contribution is -0.120. The average molecular weight is 303 g/mol. The summed E-state index contributed by atoms with van der Waals surface area (Å²) in [6.45, 7) is 0.491. The van der Waals surface area contributed by atoms with E-state index in [9.17, 15) is 9.59 Å². The van der Waals surface area contributed by atoms with Crippen molar-refractivity contribution in [1.29, 1.82) is 5.26 Å². The Morgan fingerprint density at radius 1 is 1.36 bits per heavy atom. The molecule has 0 unspecified atom stereocenters. The molecule has 22 heavy (non-hydrogen) atoms. The first-order chi connectivity index (χ1) is 10.6. The van der Waals surface area contributed by atoms with Crippen LogP contribution in [0.15, 0.2) is 29.8 Å². The van der Waals surface area contributed by atoms with Gasteiger partial charge in [-0.2, -0.15) is 5.26 Å². The second-order valence-corrected chi connectivity index (χ2v) is 4.24. The number of amides is 2. The number of carbonyl (C=O) groups is 2. The van der Waals surface area contributed by atoms with E-state index in [1.54, 1.807) is 24.3 Å². The summed E-state index contributed by atoms with van der Waals surface area (Å²) in [6, 6.07) is 8.41. The molecule has 1 rings (SSSR count). The summed E-state index contributed by atoms with van der Waals surface area (Å²) in [6.07, 6.45) is 1.46. The van der Waals surface area contributed by atoms with Crippen molar-refractivity contribution >= 4 is 17.9 Å². The number of nitrogens with zero attached hydrogens (tertiary/aromatic N) is 1. The number of nitrogens with one attached hydrogen (secondary N) is 1. The Bertz CT molecular complexity index is 588. The Hall–Kier alpha value is -2.85. The number of ether oxygens (including phenoxy) is 2. The van der Waals surface area contributed by atoms with Gasteiger partial charge in [0.05, 0.1) is 6.61 Å². The van der Waals surface area contributed by atoms with Crippen molar-refractivity contribution < 1.29 is 19.1 Å². The fraction of sp³-hybridized carbons (Fsp3) is 0.267. The van der Waals surface area contributed by atoms with E-state index in [0.29, 0.717) is 24.5 Å². The van der Waals surface area contributed by atoms with Gasteiger partial charge in [-0.1, -0.05) is 12.1 Å². The smallest absolute Gasteiger partial charge is 0.262 e. The van der Waals surface area contributed by atoms with Crippen LogP contribution in [0.2, 0.25) is 0 Å². The zero-order valence-electron chi connectivity index (χ0n) is 12.2. The molecular formula is C15H17N3O4. The number of rotatable bonds is 8. The molecule has 0 bridgehead atoms. The summed E-state index contributed by atoms with van der Waals surface area (Å²) in [5.41, 5.74) is 5.62. The second-order valence-electron chi connectivity index (χ2n) is 4.24. The number of primary amides is 1. The normalized spacial score (nSPS) is 10.6. The van der Waals surface area contributed by atoms with Crippen LogP contribution in [-0.2, 0) is 14.3 Å². The van der Waals surface area contributed by atoms with Gasteiger partial charge in [0.25, 0.3) is 11.8 Å². The van der Waals surface area contributed by atoms with Crippen molar-refractivity contribution in [3.05, 3.63) is 35.4 Å². The van der Waals surface area contributed by atoms with Gasteiger partial charge in [-0.15, -0.1) is 0 Å². The number of carbonyl (C=O) groups excluding carboxylic acids is 2. The van der Waals surface area contributed by atoms with E-state index in [4.69, 9.17) is 20.5 Å². The molecule has 0 aliphatic heterocycles. The van der Waals surface area contributed by atoms with Crippen molar-refractivity contribution in [2.75, 3.05) is 26.9 Å². The molecule has 2 amide bonds. The lowest BCUT2D eigenvalue weighted by atomic mass is 10.1. The molecular weight excluding hydrogens is 286 g/mol. The van der Waals surface area contributed by atoms with Crippen molar-refractivity contribution in [1.82, 2.24) is 5.32 Å². The van der Waals surface area contributed by atoms with Gasteiger partial charge in [0.2, 0.25) is 0 Å². The fourth-order valence-corrected chi connectivity index (χ4v) is 1.49. The quantitative estimate of drug-likeness (QED) is 0.405. The zero-order chi connectivity index (χ0) is 16.4. The molecule has 7 heteroatoms. The summed E-state index contributed by atoms with van der Waals surface area (Å²) < 4.78 is 9.93. The van der Waals surface area contributed by atoms with E-state index in [-0.39, 0.29) is 12.2 Å². The lowest BCUT2D eigenvalue weighted by Crippen LogP contribution is -2.27. The maximum atomic E-state index is 11.8. The molecule has 0 atom stereocenters. The largest absolute Gasteiger partial charge is 0.484 e. The Morgan fingerprint density at radius 2 is 2.05 bits per heavy atom. The van der Waals surface area contributed by atoms with Gasteiger partial charge in [-0.05, 0) is 23.8 Å². The van der Waals surface area contributed by atoms with Crippen LogP contribution < -0.4 is 15.8 Å². The van der Waals surface area contributed by atoms with Crippen LogP contribution >= 0.6 is 0 Å². The van der Waals surface area contributed by atoms with Gasteiger partial charge >= 0.3 is 0 Å². The average Bonchev–Trinajstić information content (AvgIpc) is 2.51. The summed E-state index contributed by atoms with van der Waals surface area (Å²) >= 11 is 0. The number of benzene rings is 1. The van der Waals surface area contributed by atoms with Gasteiger partial charge in [0.15, 0.2) is 6.61 Å². The highest BCUT2D eigenvalue weighted by molar-refractivity contribution is 6.01. The molecule has 0 saturated carbocycles. The first kappa shape index (κ1) is 17.2. The molecule has 0 saturated heterocycles. The minimum Gasteiger partial charge on any atom is -0.484 e. The van der Waals surface area contributed by atoms with E-state index in [1.807, 2.05) is 6.07 Å². The maximum Gasteiger partial charge on any atom is 0.262 e. The van der Waals surface area contributed by atoms with Crippen molar-refractivity contribution in [3.8, 4) is 11.8 Å². The summed E-state index contributed by atoms with van der Waals surface area (Å²) in [7, 11) is 1.52. The van der Waals surface area contributed by atoms with Crippen LogP contribution in [0, 0.1) is 11.3 Å². The zero-order valence-corrected chi connectivity index (χ0v) is 12.2. The highest BCUT2D eigenvalue weighted by Crippen LogP contribution is 2.14. The van der Waals surface area contributed by atoms with E-state index in [0.717, 1.165) is 0 Å². The topological polar surface area (TPSA) is 114 Å². The summed E-state index contributed by atoms with van der Waals surface area (Å²) in [5, 5.41) is 11.6. The molecule has 116 valence electrons. The van der Waals surface area contributed by atoms with Crippen LogP contribution in [0.5, 0.6) is 5.75 Å². The van der Waals surface area contributed by atoms with E-state index < -0.39 is 11.8 Å². The number of methoxy groups -OCH3 is 1. The van der Waals surface area contributed by atoms with Crippen molar-refractivity contribution in [2.24, 2.45) is 5.73 Å². The number of nitriles is 1. The molecule has 0 aliphatic carbocycles. The van der Waals surface area contributed by atoms with Crippen molar-refractivity contribution in [2.45, 2.75) is 0 Å². The third-order valence-electron chi connectivity index (χ3n) is 2.53. The SMILES string of the molecule is COCCNC(=O)/C(C#N)=C/c1ccc(OCC(N)=O)cc1. The summed E-state index contributed by atoms with van der Waals surface area (Å²) in [4.78, 5) is 22.4. The molecule has 0 spiro atoms. The number of nitrogens with two attached hydrogens (primary N) is 1. The van der Waals surface area contributed by atoms with Gasteiger partial charge in [-0.3, -0.25) is 9.59 Å².